The predicted octanol–water partition coefficient (Wildman–Crippen LogP) is 4.30. The lowest BCUT2D eigenvalue weighted by molar-refractivity contribution is -0.157. The Labute approximate surface area is 292 Å². The number of halogens is 2. The zero-order chi connectivity index (χ0) is 36.7. The molecule has 3 aromatic rings. The number of nitrogens with one attached hydrogen (secondary N) is 1. The highest BCUT2D eigenvalue weighted by Gasteiger charge is 2.51. The minimum absolute atomic E-state index is 0.0496. The molecule has 2 fully saturated rings. The molecule has 0 radical (unpaired) electrons. The molecule has 3 unspecified atom stereocenters. The molecule has 268 valence electrons. The van der Waals surface area contributed by atoms with Crippen LogP contribution in [0.25, 0.3) is 11.2 Å². The number of Topliss-reactive ketones (excluding diaryl/α,β-unsaturated/α-hetero) is 1. The summed E-state index contributed by atoms with van der Waals surface area (Å²) in [5, 5.41) is 11.7. The summed E-state index contributed by atoms with van der Waals surface area (Å²) in [5.74, 6) is -1.56. The van der Waals surface area contributed by atoms with Gasteiger partial charge in [-0.3, -0.25) is 18.7 Å². The minimum atomic E-state index is -3.89. The third kappa shape index (κ3) is 8.72. The van der Waals surface area contributed by atoms with E-state index in [1.165, 1.54) is 24.7 Å². The topological polar surface area (TPSA) is 186 Å². The van der Waals surface area contributed by atoms with Crippen molar-refractivity contribution in [3.63, 3.8) is 0 Å². The van der Waals surface area contributed by atoms with E-state index in [9.17, 15) is 14.4 Å². The first kappa shape index (κ1) is 36.0. The number of ether oxygens (including phenoxy) is 3. The zero-order valence-corrected chi connectivity index (χ0v) is 28.6. The van der Waals surface area contributed by atoms with Crippen LogP contribution in [-0.4, -0.2) is 93.3 Å². The molecule has 1 amide bonds. The number of fused-ring (bicyclic) bond motifs is 1. The number of nitrogens with zero attached hydrogens (tertiary/aromatic N) is 5. The maximum absolute atomic E-state index is 16.3. The Kier molecular flexibility index (Phi) is 11.9. The second kappa shape index (κ2) is 16.5. The SMILES string of the molecule is [2H]C[C@H]1O[C@@H](C)C(OP(=S)(OCCC#N)OC[C@H]2O[C@@H](n3cnc4c(NC(=O)c5ccccc5)ncnc43)C(OC(=O)CCC(C)=O)[C@H]2F)[C@H]1F. The van der Waals surface area contributed by atoms with Crippen LogP contribution in [0.4, 0.5) is 14.6 Å². The van der Waals surface area contributed by atoms with E-state index < -0.39 is 74.3 Å². The lowest BCUT2D eigenvalue weighted by atomic mass is 10.1. The first-order valence-electron chi connectivity index (χ1n) is 16.2. The molecule has 2 aliphatic rings. The molecule has 1 N–H and O–H groups in total. The summed E-state index contributed by atoms with van der Waals surface area (Å²) in [5.41, 5.74) is 0.577. The Morgan fingerprint density at radius 1 is 1.10 bits per heavy atom. The predicted molar refractivity (Wildman–Crippen MR) is 175 cm³/mol. The average Bonchev–Trinajstić information content (AvgIpc) is 3.76. The molecule has 0 bridgehead atoms. The number of carbonyl (C=O) groups excluding carboxylic acids is 3. The minimum Gasteiger partial charge on any atom is -0.454 e. The number of hydrogen-bond acceptors (Lipinski definition) is 14. The molecule has 5 rings (SSSR count). The van der Waals surface area contributed by atoms with E-state index in [1.54, 1.807) is 30.3 Å². The van der Waals surface area contributed by atoms with E-state index in [4.69, 9.17) is 46.2 Å². The molecule has 2 aromatic heterocycles. The van der Waals surface area contributed by atoms with Gasteiger partial charge in [0, 0.05) is 13.4 Å². The molecule has 15 nitrogen and oxygen atoms in total. The number of alkyl halides is 2. The maximum Gasteiger partial charge on any atom is 0.327 e. The van der Waals surface area contributed by atoms with Crippen LogP contribution in [0.5, 0.6) is 0 Å². The van der Waals surface area contributed by atoms with Crippen LogP contribution in [0.2, 0.25) is 0 Å². The van der Waals surface area contributed by atoms with E-state index in [0.717, 1.165) is 6.33 Å². The Bertz CT molecular complexity index is 1810. The van der Waals surface area contributed by atoms with Crippen molar-refractivity contribution in [2.24, 2.45) is 0 Å². The fourth-order valence-corrected chi connectivity index (χ4v) is 7.35. The molecule has 2 aliphatic heterocycles. The van der Waals surface area contributed by atoms with E-state index in [1.807, 2.05) is 6.07 Å². The quantitative estimate of drug-likeness (QED) is 0.132. The van der Waals surface area contributed by atoms with Crippen molar-refractivity contribution in [3.05, 3.63) is 48.5 Å². The number of hydrogen-bond donors (Lipinski definition) is 1. The fourth-order valence-electron chi connectivity index (χ4n) is 5.22. The largest absolute Gasteiger partial charge is 0.454 e. The third-order valence-corrected chi connectivity index (χ3v) is 10.1. The first-order chi connectivity index (χ1) is 24.4. The van der Waals surface area contributed by atoms with Gasteiger partial charge in [-0.25, -0.2) is 23.7 Å². The molecule has 0 aliphatic carbocycles. The van der Waals surface area contributed by atoms with Crippen molar-refractivity contribution in [1.29, 1.82) is 5.26 Å². The number of imidazole rings is 1. The van der Waals surface area contributed by atoms with E-state index in [-0.39, 0.29) is 55.5 Å². The van der Waals surface area contributed by atoms with Gasteiger partial charge in [0.15, 0.2) is 41.7 Å². The number of nitriles is 1. The third-order valence-electron chi connectivity index (χ3n) is 7.75. The van der Waals surface area contributed by atoms with Gasteiger partial charge in [0.2, 0.25) is 0 Å². The van der Waals surface area contributed by atoms with Crippen LogP contribution in [0.1, 0.15) is 58.0 Å². The number of carbonyl (C=O) groups is 3. The van der Waals surface area contributed by atoms with Gasteiger partial charge in [0.1, 0.15) is 24.3 Å². The van der Waals surface area contributed by atoms with E-state index in [2.05, 4.69) is 20.3 Å². The standard InChI is InChI=1S/C31H35F2N6O9PS/c1-17(40)10-11-22(41)47-27-24(33)21(14-44-49(50,43-13-7-12-34)48-26-19(3)45-18(2)23(26)32)46-31(27)39-16-37-25-28(35-15-36-29(25)39)38-30(42)20-8-5-4-6-9-20/h4-6,8-9,15-16,18-19,21,23-24,26-27,31H,7,10-11,13-14H2,1-3H3,(H,35,36,38,42)/t18-,19+,21-,23+,24+,26?,27?,31-,49?/m1/s1/i2D. The smallest absolute Gasteiger partial charge is 0.327 e. The Hall–Kier alpha value is -3.82. The van der Waals surface area contributed by atoms with E-state index >= 15 is 8.78 Å². The lowest BCUT2D eigenvalue weighted by Crippen LogP contribution is -2.35. The molecule has 19 heteroatoms. The molecule has 9 atom stereocenters. The molecule has 2 saturated heterocycles. The summed E-state index contributed by atoms with van der Waals surface area (Å²) in [6.45, 7) is -2.28. The van der Waals surface area contributed by atoms with Gasteiger partial charge in [-0.2, -0.15) is 5.26 Å². The summed E-state index contributed by atoms with van der Waals surface area (Å²) in [4.78, 5) is 49.8. The van der Waals surface area contributed by atoms with Crippen LogP contribution >= 0.6 is 6.72 Å². The highest BCUT2D eigenvalue weighted by atomic mass is 32.5. The molecule has 0 saturated carbocycles. The van der Waals surface area contributed by atoms with Gasteiger partial charge in [-0.15, -0.1) is 0 Å². The van der Waals surface area contributed by atoms with Gasteiger partial charge < -0.3 is 33.4 Å². The number of amides is 1. The Morgan fingerprint density at radius 2 is 1.88 bits per heavy atom. The normalized spacial score (nSPS) is 27.7. The molecule has 0 spiro atoms. The molecular formula is C31H35F2N6O9PS. The van der Waals surface area contributed by atoms with Crippen LogP contribution in [0, 0.1) is 11.3 Å². The van der Waals surface area contributed by atoms with Crippen molar-refractivity contribution in [1.82, 2.24) is 19.5 Å². The molecule has 50 heavy (non-hydrogen) atoms. The monoisotopic (exact) mass is 737 g/mol. The lowest BCUT2D eigenvalue weighted by Gasteiger charge is -2.28. The summed E-state index contributed by atoms with van der Waals surface area (Å²) in [7, 11) is 0. The summed E-state index contributed by atoms with van der Waals surface area (Å²) >= 11 is 5.52. The van der Waals surface area contributed by atoms with Crippen molar-refractivity contribution >= 4 is 53.2 Å². The van der Waals surface area contributed by atoms with Crippen molar-refractivity contribution in [2.75, 3.05) is 18.5 Å². The summed E-state index contributed by atoms with van der Waals surface area (Å²) in [6, 6.07) is 10.3. The van der Waals surface area contributed by atoms with Gasteiger partial charge >= 0.3 is 12.7 Å². The highest BCUT2D eigenvalue weighted by molar-refractivity contribution is 8.07. The Morgan fingerprint density at radius 3 is 2.58 bits per heavy atom. The molecular weight excluding hydrogens is 701 g/mol. The van der Waals surface area contributed by atoms with Crippen LogP contribution in [0.15, 0.2) is 43.0 Å². The van der Waals surface area contributed by atoms with Crippen molar-refractivity contribution in [2.45, 2.75) is 89.1 Å². The zero-order valence-electron chi connectivity index (χ0n) is 27.9. The molecule has 4 heterocycles. The summed E-state index contributed by atoms with van der Waals surface area (Å²) in [6.07, 6.45) is -9.56. The Balaban J connectivity index is 1.39. The average molecular weight is 738 g/mol. The van der Waals surface area contributed by atoms with Crippen LogP contribution in [0.3, 0.4) is 0 Å². The number of aromatic nitrogens is 4. The van der Waals surface area contributed by atoms with Gasteiger partial charge in [0.05, 0.1) is 50.7 Å². The summed E-state index contributed by atoms with van der Waals surface area (Å²) < 4.78 is 74.4. The maximum atomic E-state index is 16.3. The number of anilines is 1. The number of ketones is 1. The van der Waals surface area contributed by atoms with Gasteiger partial charge in [0.25, 0.3) is 5.91 Å². The number of esters is 1. The fraction of sp³-hybridized carbons (Fsp3) is 0.516. The van der Waals surface area contributed by atoms with Crippen molar-refractivity contribution in [3.8, 4) is 6.07 Å². The first-order valence-corrected chi connectivity index (χ1v) is 18.1. The van der Waals surface area contributed by atoms with Gasteiger partial charge in [-0.05, 0) is 44.7 Å². The second-order valence-electron chi connectivity index (χ2n) is 11.4. The number of rotatable bonds is 15. The van der Waals surface area contributed by atoms with E-state index in [0.29, 0.717) is 5.56 Å². The van der Waals surface area contributed by atoms with Crippen molar-refractivity contribution < 1.29 is 52.3 Å². The van der Waals surface area contributed by atoms with Gasteiger partial charge in [-0.1, -0.05) is 18.2 Å². The highest BCUT2D eigenvalue weighted by Crippen LogP contribution is 2.54. The van der Waals surface area contributed by atoms with Crippen LogP contribution < -0.4 is 5.32 Å². The second-order valence-corrected chi connectivity index (χ2v) is 14.4. The van der Waals surface area contributed by atoms with Crippen LogP contribution in [-0.2, 0) is 49.2 Å². The molecule has 1 aromatic carbocycles. The number of benzene rings is 1.